The summed E-state index contributed by atoms with van der Waals surface area (Å²) in [5.41, 5.74) is 0.765. The van der Waals surface area contributed by atoms with Crippen molar-refractivity contribution in [3.8, 4) is 23.1 Å². The second-order valence-electron chi connectivity index (χ2n) is 9.49. The fourth-order valence-electron chi connectivity index (χ4n) is 4.54. The van der Waals surface area contributed by atoms with Gasteiger partial charge in [0.2, 0.25) is 5.95 Å². The van der Waals surface area contributed by atoms with E-state index in [2.05, 4.69) is 20.3 Å². The Hall–Kier alpha value is -4.17. The Labute approximate surface area is 216 Å². The molecule has 1 saturated carbocycles. The molecule has 1 aliphatic rings. The van der Waals surface area contributed by atoms with E-state index < -0.39 is 11.7 Å². The molecule has 0 bridgehead atoms. The average molecular weight is 523 g/mol. The third-order valence-electron chi connectivity index (χ3n) is 6.69. The van der Waals surface area contributed by atoms with Gasteiger partial charge in [-0.15, -0.1) is 0 Å². The molecule has 2 N–H and O–H groups in total. The van der Waals surface area contributed by atoms with Crippen LogP contribution in [0.25, 0.3) is 22.3 Å². The molecule has 196 valence electrons. The van der Waals surface area contributed by atoms with Gasteiger partial charge in [-0.2, -0.15) is 23.2 Å². The summed E-state index contributed by atoms with van der Waals surface area (Å²) in [7, 11) is 0. The number of rotatable bonds is 6. The van der Waals surface area contributed by atoms with Crippen molar-refractivity contribution < 1.29 is 23.1 Å². The highest BCUT2D eigenvalue weighted by Crippen LogP contribution is 2.36. The summed E-state index contributed by atoms with van der Waals surface area (Å²) < 4.78 is 42.0. The minimum absolute atomic E-state index is 0.100. The van der Waals surface area contributed by atoms with Crippen molar-refractivity contribution in [2.24, 2.45) is 5.92 Å². The van der Waals surface area contributed by atoms with Gasteiger partial charge in [0.25, 0.3) is 0 Å². The highest BCUT2D eigenvalue weighted by molar-refractivity contribution is 5.94. The lowest BCUT2D eigenvalue weighted by atomic mass is 9.87. The zero-order valence-electron chi connectivity index (χ0n) is 20.5. The number of aryl methyl sites for hydroxylation is 1. The molecular formula is C27H25F3N6O2. The topological polar surface area (TPSA) is 109 Å². The van der Waals surface area contributed by atoms with E-state index in [1.54, 1.807) is 12.1 Å². The number of pyridine rings is 1. The molecule has 4 aromatic rings. The molecular weight excluding hydrogens is 497 g/mol. The normalized spacial score (nSPS) is 17.8. The molecule has 0 unspecified atom stereocenters. The summed E-state index contributed by atoms with van der Waals surface area (Å²) in [6, 6.07) is 10.2. The van der Waals surface area contributed by atoms with Gasteiger partial charge in [0.05, 0.1) is 35.3 Å². The van der Waals surface area contributed by atoms with E-state index in [9.17, 15) is 23.5 Å². The first-order valence-corrected chi connectivity index (χ1v) is 12.2. The number of nitrogens with zero attached hydrogens (tertiary/aromatic N) is 5. The number of hydrogen-bond donors (Lipinski definition) is 2. The highest BCUT2D eigenvalue weighted by atomic mass is 19.4. The van der Waals surface area contributed by atoms with E-state index in [-0.39, 0.29) is 39.9 Å². The predicted molar refractivity (Wildman–Crippen MR) is 134 cm³/mol. The maximum Gasteiger partial charge on any atom is 0.417 e. The zero-order chi connectivity index (χ0) is 26.9. The summed E-state index contributed by atoms with van der Waals surface area (Å²) in [4.78, 5) is 18.7. The monoisotopic (exact) mass is 522 g/mol. The molecule has 0 spiro atoms. The summed E-state index contributed by atoms with van der Waals surface area (Å²) in [5, 5.41) is 22.8. The fraction of sp³-hybridized carbons (Fsp3) is 0.333. The van der Waals surface area contributed by atoms with E-state index >= 15 is 0 Å². The van der Waals surface area contributed by atoms with Crippen molar-refractivity contribution in [2.45, 2.75) is 44.9 Å². The van der Waals surface area contributed by atoms with Crippen molar-refractivity contribution in [3.05, 3.63) is 65.6 Å². The second kappa shape index (κ2) is 10.3. The SMILES string of the molecule is Cc1ccc(On2cc(-c3nc(NCC4CCC(O)CC4)ncc3C#N)c3cc(C(F)(F)F)cnc32)cc1. The minimum Gasteiger partial charge on any atom is -0.393 e. The number of aromatic nitrogens is 4. The first-order chi connectivity index (χ1) is 18.2. The molecule has 8 nitrogen and oxygen atoms in total. The van der Waals surface area contributed by atoms with Crippen LogP contribution >= 0.6 is 0 Å². The third kappa shape index (κ3) is 5.40. The first-order valence-electron chi connectivity index (χ1n) is 12.2. The molecule has 1 aromatic carbocycles. The van der Waals surface area contributed by atoms with Crippen molar-refractivity contribution >= 4 is 17.0 Å². The van der Waals surface area contributed by atoms with E-state index in [0.29, 0.717) is 18.2 Å². The van der Waals surface area contributed by atoms with Crippen molar-refractivity contribution in [1.29, 1.82) is 5.26 Å². The predicted octanol–water partition coefficient (Wildman–Crippen LogP) is 5.50. The van der Waals surface area contributed by atoms with Gasteiger partial charge in [-0.1, -0.05) is 17.7 Å². The molecule has 0 atom stereocenters. The van der Waals surface area contributed by atoms with Crippen LogP contribution in [0.4, 0.5) is 19.1 Å². The van der Waals surface area contributed by atoms with Gasteiger partial charge < -0.3 is 15.3 Å². The van der Waals surface area contributed by atoms with Gasteiger partial charge in [0, 0.05) is 23.7 Å². The Morgan fingerprint density at radius 1 is 1.13 bits per heavy atom. The zero-order valence-corrected chi connectivity index (χ0v) is 20.5. The van der Waals surface area contributed by atoms with Gasteiger partial charge >= 0.3 is 6.18 Å². The van der Waals surface area contributed by atoms with Crippen LogP contribution in [0.3, 0.4) is 0 Å². The van der Waals surface area contributed by atoms with Crippen molar-refractivity contribution in [3.63, 3.8) is 0 Å². The van der Waals surface area contributed by atoms with Crippen molar-refractivity contribution in [1.82, 2.24) is 19.7 Å². The Balaban J connectivity index is 1.55. The maximum atomic E-state index is 13.6. The summed E-state index contributed by atoms with van der Waals surface area (Å²) in [6.45, 7) is 2.51. The lowest BCUT2D eigenvalue weighted by Crippen LogP contribution is -2.24. The maximum absolute atomic E-state index is 13.6. The minimum atomic E-state index is -4.61. The molecule has 0 saturated heterocycles. The van der Waals surface area contributed by atoms with E-state index in [1.807, 2.05) is 25.1 Å². The number of aliphatic hydroxyl groups excluding tert-OH is 1. The number of hydrogen-bond acceptors (Lipinski definition) is 7. The Morgan fingerprint density at radius 2 is 1.87 bits per heavy atom. The molecule has 5 rings (SSSR count). The summed E-state index contributed by atoms with van der Waals surface area (Å²) >= 11 is 0. The molecule has 11 heteroatoms. The second-order valence-corrected chi connectivity index (χ2v) is 9.49. The standard InChI is InChI=1S/C27H25F3N6O2/c1-16-2-8-21(9-3-16)38-36-15-23(22-10-19(27(28,29)30)14-32-25(22)36)24-18(11-31)13-34-26(35-24)33-12-17-4-6-20(37)7-5-17/h2-3,8-10,13-15,17,20,37H,4-7,12H2,1H3,(H,33,34,35). The lowest BCUT2D eigenvalue weighted by Gasteiger charge is -2.25. The molecule has 0 radical (unpaired) electrons. The van der Waals surface area contributed by atoms with Crippen LogP contribution < -0.4 is 10.2 Å². The van der Waals surface area contributed by atoms with Gasteiger partial charge in [0.1, 0.15) is 6.07 Å². The number of fused-ring (bicyclic) bond motifs is 1. The summed E-state index contributed by atoms with van der Waals surface area (Å²) in [5.74, 6) is 1.05. The van der Waals surface area contributed by atoms with Crippen molar-refractivity contribution in [2.75, 3.05) is 11.9 Å². The van der Waals surface area contributed by atoms with Crippen LogP contribution in [0.1, 0.15) is 42.4 Å². The van der Waals surface area contributed by atoms with E-state index in [1.165, 1.54) is 17.1 Å². The number of halogens is 3. The number of benzene rings is 1. The highest BCUT2D eigenvalue weighted by Gasteiger charge is 2.32. The van der Waals surface area contributed by atoms with Gasteiger partial charge in [0.15, 0.2) is 11.4 Å². The number of nitrogens with one attached hydrogen (secondary N) is 1. The largest absolute Gasteiger partial charge is 0.417 e. The van der Waals surface area contributed by atoms with Crippen LogP contribution in [0.2, 0.25) is 0 Å². The molecule has 1 aliphatic carbocycles. The van der Waals surface area contributed by atoms with Crippen LogP contribution in [-0.4, -0.2) is 37.4 Å². The molecule has 38 heavy (non-hydrogen) atoms. The number of alkyl halides is 3. The Kier molecular flexibility index (Phi) is 6.91. The smallest absolute Gasteiger partial charge is 0.393 e. The summed E-state index contributed by atoms with van der Waals surface area (Å²) in [6.07, 6.45) is 1.91. The first kappa shape index (κ1) is 25.5. The van der Waals surface area contributed by atoms with Gasteiger partial charge in [-0.25, -0.2) is 15.0 Å². The van der Waals surface area contributed by atoms with Crippen LogP contribution in [-0.2, 0) is 6.18 Å². The molecule has 3 aromatic heterocycles. The van der Waals surface area contributed by atoms with Crippen LogP contribution in [0, 0.1) is 24.2 Å². The molecule has 0 aliphatic heterocycles. The van der Waals surface area contributed by atoms with Gasteiger partial charge in [-0.3, -0.25) is 0 Å². The van der Waals surface area contributed by atoms with Crippen LogP contribution in [0.15, 0.2) is 48.9 Å². The lowest BCUT2D eigenvalue weighted by molar-refractivity contribution is -0.137. The molecule has 0 amide bonds. The number of nitriles is 1. The van der Waals surface area contributed by atoms with E-state index in [4.69, 9.17) is 4.84 Å². The van der Waals surface area contributed by atoms with Gasteiger partial charge in [-0.05, 0) is 56.7 Å². The fourth-order valence-corrected chi connectivity index (χ4v) is 4.54. The quantitative estimate of drug-likeness (QED) is 0.344. The molecule has 3 heterocycles. The number of aliphatic hydroxyl groups is 1. The average Bonchev–Trinajstić information content (AvgIpc) is 3.26. The molecule has 1 fully saturated rings. The number of anilines is 1. The Bertz CT molecular complexity index is 1490. The Morgan fingerprint density at radius 3 is 2.55 bits per heavy atom. The van der Waals surface area contributed by atoms with Crippen LogP contribution in [0.5, 0.6) is 5.75 Å². The van der Waals surface area contributed by atoms with E-state index in [0.717, 1.165) is 43.5 Å². The third-order valence-corrected chi connectivity index (χ3v) is 6.69.